The zero-order valence-electron chi connectivity index (χ0n) is 21.0. The average molecular weight is 444 g/mol. The van der Waals surface area contributed by atoms with Crippen molar-refractivity contribution in [3.63, 3.8) is 0 Å². The Morgan fingerprint density at radius 2 is 1.67 bits per heavy atom. The van der Waals surface area contributed by atoms with E-state index >= 15 is 0 Å². The summed E-state index contributed by atoms with van der Waals surface area (Å²) in [5.74, 6) is 2.36. The fourth-order valence-corrected chi connectivity index (χ4v) is 3.81. The van der Waals surface area contributed by atoms with E-state index in [0.29, 0.717) is 6.61 Å². The van der Waals surface area contributed by atoms with E-state index < -0.39 is 0 Å². The summed E-state index contributed by atoms with van der Waals surface area (Å²) in [5, 5.41) is 1.85. The Bertz CT molecular complexity index is 1210. The second-order valence-corrected chi connectivity index (χ2v) is 9.27. The molecule has 3 rings (SSSR count). The van der Waals surface area contributed by atoms with Crippen molar-refractivity contribution in [2.24, 2.45) is 4.99 Å². The molecule has 1 aliphatic rings. The van der Waals surface area contributed by atoms with E-state index in [2.05, 4.69) is 58.6 Å². The molecule has 174 valence electrons. The predicted octanol–water partition coefficient (Wildman–Crippen LogP) is 7.57. The van der Waals surface area contributed by atoms with E-state index in [1.54, 1.807) is 0 Å². The number of hydrogen-bond acceptors (Lipinski definition) is 3. The predicted molar refractivity (Wildman–Crippen MR) is 139 cm³/mol. The molecule has 0 atom stereocenters. The quantitative estimate of drug-likeness (QED) is 0.319. The van der Waals surface area contributed by atoms with Crippen molar-refractivity contribution in [1.82, 2.24) is 0 Å². The molecule has 33 heavy (non-hydrogen) atoms. The number of benzene rings is 2. The van der Waals surface area contributed by atoms with E-state index in [1.165, 1.54) is 16.7 Å². The number of nitrogens with zero attached hydrogens (tertiary/aromatic N) is 1. The van der Waals surface area contributed by atoms with E-state index in [4.69, 9.17) is 14.5 Å². The molecule has 0 fully saturated rings. The van der Waals surface area contributed by atoms with Crippen LogP contribution < -0.4 is 20.0 Å². The maximum absolute atomic E-state index is 6.16. The van der Waals surface area contributed by atoms with E-state index in [-0.39, 0.29) is 0 Å². The molecule has 2 aromatic carbocycles. The van der Waals surface area contributed by atoms with Crippen molar-refractivity contribution in [2.75, 3.05) is 6.61 Å². The van der Waals surface area contributed by atoms with Gasteiger partial charge in [0.2, 0.25) is 0 Å². The summed E-state index contributed by atoms with van der Waals surface area (Å²) in [6.07, 6.45) is 11.2. The van der Waals surface area contributed by atoms with E-state index in [1.807, 2.05) is 32.0 Å². The van der Waals surface area contributed by atoms with Gasteiger partial charge in [0.25, 0.3) is 0 Å². The monoisotopic (exact) mass is 443 g/mol. The van der Waals surface area contributed by atoms with Gasteiger partial charge in [0.15, 0.2) is 11.5 Å². The molecular weight excluding hydrogens is 406 g/mol. The molecule has 0 spiro atoms. The standard InChI is InChI=1S/C30H37NO2/c1-20(2)10-8-11-21(3)12-9-13-22(4)16-17-32-26-14-15-28-27(19-26)31-29-24(6)18-23(5)25(7)30(29)33-28/h10,12,14-16,18-19H,5,8-9,11,13,17H2,1-4,6-7H3/b21-12+,22-16+. The zero-order valence-corrected chi connectivity index (χ0v) is 21.0. The van der Waals surface area contributed by atoms with Crippen LogP contribution in [-0.2, 0) is 0 Å². The largest absolute Gasteiger partial charge is 0.489 e. The first-order valence-corrected chi connectivity index (χ1v) is 11.8. The molecule has 0 aromatic heterocycles. The zero-order chi connectivity index (χ0) is 24.0. The van der Waals surface area contributed by atoms with Gasteiger partial charge in [0.1, 0.15) is 23.4 Å². The van der Waals surface area contributed by atoms with Crippen LogP contribution in [0.2, 0.25) is 0 Å². The lowest BCUT2D eigenvalue weighted by molar-refractivity contribution is 0.360. The van der Waals surface area contributed by atoms with Gasteiger partial charge in [-0.15, -0.1) is 0 Å². The van der Waals surface area contributed by atoms with Crippen LogP contribution in [0, 0.1) is 13.8 Å². The van der Waals surface area contributed by atoms with Crippen molar-refractivity contribution in [2.45, 2.75) is 67.2 Å². The Kier molecular flexibility index (Phi) is 8.32. The molecule has 0 radical (unpaired) electrons. The first kappa shape index (κ1) is 24.6. The van der Waals surface area contributed by atoms with Gasteiger partial charge < -0.3 is 9.47 Å². The van der Waals surface area contributed by atoms with Crippen molar-refractivity contribution < 1.29 is 9.47 Å². The smallest absolute Gasteiger partial charge is 0.156 e. The van der Waals surface area contributed by atoms with Gasteiger partial charge >= 0.3 is 0 Å². The third-order valence-electron chi connectivity index (χ3n) is 5.98. The van der Waals surface area contributed by atoms with E-state index in [0.717, 1.165) is 70.3 Å². The summed E-state index contributed by atoms with van der Waals surface area (Å²) in [4.78, 5) is 4.84. The molecule has 0 amide bonds. The Morgan fingerprint density at radius 1 is 0.970 bits per heavy atom. The third-order valence-corrected chi connectivity index (χ3v) is 5.98. The highest BCUT2D eigenvalue weighted by atomic mass is 16.5. The molecule has 0 saturated heterocycles. The van der Waals surface area contributed by atoms with Gasteiger partial charge in [-0.2, -0.15) is 0 Å². The number of allylic oxidation sites excluding steroid dienone is 5. The number of fused-ring (bicyclic) bond motifs is 2. The molecule has 0 saturated carbocycles. The molecule has 3 nitrogen and oxygen atoms in total. The summed E-state index contributed by atoms with van der Waals surface area (Å²) in [6.45, 7) is 17.4. The van der Waals surface area contributed by atoms with Crippen LogP contribution in [0.1, 0.15) is 64.5 Å². The fraction of sp³-hybridized carbons (Fsp3) is 0.367. The Balaban J connectivity index is 1.57. The van der Waals surface area contributed by atoms with Crippen molar-refractivity contribution >= 4 is 12.3 Å². The molecular formula is C30H37NO2. The number of ether oxygens (including phenoxy) is 2. The molecule has 0 aliphatic carbocycles. The normalized spacial score (nSPS) is 12.9. The molecule has 0 unspecified atom stereocenters. The Hall–Kier alpha value is -3.07. The van der Waals surface area contributed by atoms with Crippen molar-refractivity contribution in [3.8, 4) is 17.2 Å². The lowest BCUT2D eigenvalue weighted by Gasteiger charge is -2.18. The van der Waals surface area contributed by atoms with Gasteiger partial charge in [-0.05, 0) is 102 Å². The third kappa shape index (κ3) is 6.71. The number of rotatable bonds is 9. The van der Waals surface area contributed by atoms with Crippen molar-refractivity contribution in [1.29, 1.82) is 0 Å². The number of hydrogen-bond donors (Lipinski definition) is 0. The van der Waals surface area contributed by atoms with Crippen LogP contribution in [0.4, 0.5) is 5.69 Å². The summed E-state index contributed by atoms with van der Waals surface area (Å²) in [6, 6.07) is 7.88. The lowest BCUT2D eigenvalue weighted by Crippen LogP contribution is -2.20. The van der Waals surface area contributed by atoms with Crippen LogP contribution in [0.25, 0.3) is 6.58 Å². The molecule has 1 aliphatic heterocycles. The highest BCUT2D eigenvalue weighted by Gasteiger charge is 2.17. The second kappa shape index (κ2) is 11.2. The summed E-state index contributed by atoms with van der Waals surface area (Å²) in [5.41, 5.74) is 7.10. The maximum atomic E-state index is 6.16. The average Bonchev–Trinajstić information content (AvgIpc) is 2.76. The van der Waals surface area contributed by atoms with Gasteiger partial charge in [0, 0.05) is 11.6 Å². The Labute approximate surface area is 198 Å². The van der Waals surface area contributed by atoms with Gasteiger partial charge in [-0.1, -0.05) is 35.5 Å². The minimum atomic E-state index is 0.550. The SMILES string of the molecule is C=c1cc(C)c2c(c1C)Oc1ccc(OC/C=C(\C)CC/C=C(\C)CCC=C(C)C)cc1N=2. The minimum Gasteiger partial charge on any atom is -0.489 e. The number of aryl methyl sites for hydroxylation is 1. The van der Waals surface area contributed by atoms with Crippen LogP contribution in [-0.4, -0.2) is 6.61 Å². The summed E-state index contributed by atoms with van der Waals surface area (Å²) < 4.78 is 12.1. The molecule has 2 aromatic rings. The molecule has 0 N–H and O–H groups in total. The molecule has 0 bridgehead atoms. The molecule has 1 heterocycles. The Morgan fingerprint density at radius 3 is 2.39 bits per heavy atom. The minimum absolute atomic E-state index is 0.550. The summed E-state index contributed by atoms with van der Waals surface area (Å²) >= 11 is 0. The van der Waals surface area contributed by atoms with Crippen LogP contribution in [0.3, 0.4) is 0 Å². The first-order valence-electron chi connectivity index (χ1n) is 11.8. The van der Waals surface area contributed by atoms with Gasteiger partial charge in [-0.25, -0.2) is 4.99 Å². The van der Waals surface area contributed by atoms with Crippen molar-refractivity contribution in [3.05, 3.63) is 80.9 Å². The molecule has 3 heteroatoms. The second-order valence-electron chi connectivity index (χ2n) is 9.27. The maximum Gasteiger partial charge on any atom is 0.156 e. The lowest BCUT2D eigenvalue weighted by atomic mass is 10.1. The topological polar surface area (TPSA) is 30.8 Å². The van der Waals surface area contributed by atoms with Crippen LogP contribution in [0.5, 0.6) is 17.2 Å². The first-order chi connectivity index (χ1) is 15.7. The van der Waals surface area contributed by atoms with Crippen LogP contribution >= 0.6 is 0 Å². The van der Waals surface area contributed by atoms with Gasteiger partial charge in [-0.3, -0.25) is 0 Å². The highest BCUT2D eigenvalue weighted by Crippen LogP contribution is 2.37. The van der Waals surface area contributed by atoms with Crippen LogP contribution in [0.15, 0.2) is 64.2 Å². The van der Waals surface area contributed by atoms with E-state index in [9.17, 15) is 0 Å². The fourth-order valence-electron chi connectivity index (χ4n) is 3.81. The van der Waals surface area contributed by atoms with Gasteiger partial charge in [0.05, 0.1) is 0 Å². The highest BCUT2D eigenvalue weighted by molar-refractivity contribution is 5.60. The summed E-state index contributed by atoms with van der Waals surface area (Å²) in [7, 11) is 0.